The Morgan fingerprint density at radius 2 is 1.70 bits per heavy atom. The predicted molar refractivity (Wildman–Crippen MR) is 46.9 cm³/mol. The minimum absolute atomic E-state index is 0.407. The molecule has 0 fully saturated rings. The van der Waals surface area contributed by atoms with Crippen LogP contribution in [0.2, 0.25) is 0 Å². The van der Waals surface area contributed by atoms with Crippen LogP contribution < -0.4 is 5.73 Å². The first-order valence-electron chi connectivity index (χ1n) is 4.33. The zero-order valence-corrected chi connectivity index (χ0v) is 7.72. The maximum atomic E-state index is 5.93. The third-order valence-corrected chi connectivity index (χ3v) is 2.12. The molecule has 0 rings (SSSR count). The summed E-state index contributed by atoms with van der Waals surface area (Å²) in [5.41, 5.74) is 5.93. The predicted octanol–water partition coefficient (Wildman–Crippen LogP) is 2.41. The Morgan fingerprint density at radius 3 is 2.00 bits per heavy atom. The van der Waals surface area contributed by atoms with Gasteiger partial charge in [-0.2, -0.15) is 0 Å². The average molecular weight is 143 g/mol. The number of hydrogen-bond donors (Lipinski definition) is 1. The van der Waals surface area contributed by atoms with Crippen LogP contribution in [0.4, 0.5) is 0 Å². The lowest BCUT2D eigenvalue weighted by Gasteiger charge is -2.19. The van der Waals surface area contributed by atoms with E-state index < -0.39 is 0 Å². The van der Waals surface area contributed by atoms with Crippen molar-refractivity contribution in [3.05, 3.63) is 0 Å². The molecule has 0 amide bonds. The molecular formula is C9H21N. The average Bonchev–Trinajstić information content (AvgIpc) is 1.85. The first-order chi connectivity index (χ1) is 4.57. The zero-order chi connectivity index (χ0) is 8.15. The highest BCUT2D eigenvalue weighted by molar-refractivity contribution is 4.68. The lowest BCUT2D eigenvalue weighted by Crippen LogP contribution is -2.29. The van der Waals surface area contributed by atoms with Crippen molar-refractivity contribution < 1.29 is 0 Å². The summed E-state index contributed by atoms with van der Waals surface area (Å²) in [4.78, 5) is 0. The summed E-state index contributed by atoms with van der Waals surface area (Å²) >= 11 is 0. The monoisotopic (exact) mass is 143 g/mol. The minimum Gasteiger partial charge on any atom is -0.327 e. The van der Waals surface area contributed by atoms with Crippen LogP contribution in [0.1, 0.15) is 40.5 Å². The van der Waals surface area contributed by atoms with E-state index in [1.807, 2.05) is 0 Å². The lowest BCUT2D eigenvalue weighted by molar-refractivity contribution is 0.376. The maximum Gasteiger partial charge on any atom is 0.00668 e. The SMILES string of the molecule is CCC(C)C(N)CC(C)C. The summed E-state index contributed by atoms with van der Waals surface area (Å²) in [5, 5.41) is 0. The Kier molecular flexibility index (Phi) is 4.71. The van der Waals surface area contributed by atoms with Gasteiger partial charge in [0.15, 0.2) is 0 Å². The summed E-state index contributed by atoms with van der Waals surface area (Å²) in [5.74, 6) is 1.42. The molecule has 0 aliphatic heterocycles. The molecule has 0 aliphatic carbocycles. The first-order valence-corrected chi connectivity index (χ1v) is 4.33. The summed E-state index contributed by atoms with van der Waals surface area (Å²) in [7, 11) is 0. The standard InChI is InChI=1S/C9H21N/c1-5-8(4)9(10)6-7(2)3/h7-9H,5-6,10H2,1-4H3. The van der Waals surface area contributed by atoms with E-state index in [4.69, 9.17) is 5.73 Å². The molecule has 2 unspecified atom stereocenters. The van der Waals surface area contributed by atoms with Crippen molar-refractivity contribution in [1.29, 1.82) is 0 Å². The molecule has 0 heterocycles. The molecule has 0 saturated heterocycles. The van der Waals surface area contributed by atoms with Gasteiger partial charge in [0, 0.05) is 6.04 Å². The topological polar surface area (TPSA) is 26.0 Å². The van der Waals surface area contributed by atoms with Crippen LogP contribution in [0, 0.1) is 11.8 Å². The zero-order valence-electron chi connectivity index (χ0n) is 7.72. The number of hydrogen-bond acceptors (Lipinski definition) is 1. The molecule has 0 aromatic heterocycles. The smallest absolute Gasteiger partial charge is 0.00668 e. The van der Waals surface area contributed by atoms with E-state index in [1.54, 1.807) is 0 Å². The fourth-order valence-electron chi connectivity index (χ4n) is 1.08. The second kappa shape index (κ2) is 4.73. The first kappa shape index (κ1) is 9.96. The van der Waals surface area contributed by atoms with E-state index in [9.17, 15) is 0 Å². The van der Waals surface area contributed by atoms with Gasteiger partial charge in [0.2, 0.25) is 0 Å². The van der Waals surface area contributed by atoms with Gasteiger partial charge in [0.25, 0.3) is 0 Å². The van der Waals surface area contributed by atoms with Crippen LogP contribution in [0.3, 0.4) is 0 Å². The fraction of sp³-hybridized carbons (Fsp3) is 1.00. The normalized spacial score (nSPS) is 17.4. The Labute approximate surface area is 65.0 Å². The van der Waals surface area contributed by atoms with Crippen molar-refractivity contribution in [2.45, 2.75) is 46.6 Å². The molecule has 0 aromatic rings. The Balaban J connectivity index is 3.50. The second-order valence-corrected chi connectivity index (χ2v) is 3.68. The highest BCUT2D eigenvalue weighted by Gasteiger charge is 2.11. The number of nitrogens with two attached hydrogens (primary N) is 1. The summed E-state index contributed by atoms with van der Waals surface area (Å²) < 4.78 is 0. The van der Waals surface area contributed by atoms with Gasteiger partial charge in [-0.05, 0) is 18.3 Å². The highest BCUT2D eigenvalue weighted by Crippen LogP contribution is 2.12. The number of rotatable bonds is 4. The van der Waals surface area contributed by atoms with Crippen molar-refractivity contribution in [2.24, 2.45) is 17.6 Å². The van der Waals surface area contributed by atoms with Crippen LogP contribution in [-0.2, 0) is 0 Å². The van der Waals surface area contributed by atoms with E-state index in [0.717, 1.165) is 12.3 Å². The molecule has 0 bridgehead atoms. The molecule has 1 heteroatoms. The van der Waals surface area contributed by atoms with Gasteiger partial charge in [-0.3, -0.25) is 0 Å². The van der Waals surface area contributed by atoms with Crippen LogP contribution in [0.5, 0.6) is 0 Å². The van der Waals surface area contributed by atoms with Gasteiger partial charge in [-0.15, -0.1) is 0 Å². The Morgan fingerprint density at radius 1 is 1.20 bits per heavy atom. The van der Waals surface area contributed by atoms with Gasteiger partial charge in [0.05, 0.1) is 0 Å². The van der Waals surface area contributed by atoms with Crippen LogP contribution in [0.25, 0.3) is 0 Å². The highest BCUT2D eigenvalue weighted by atomic mass is 14.6. The summed E-state index contributed by atoms with van der Waals surface area (Å²) in [6, 6.07) is 0.407. The Hall–Kier alpha value is -0.0400. The van der Waals surface area contributed by atoms with Crippen molar-refractivity contribution in [3.63, 3.8) is 0 Å². The molecule has 1 nitrogen and oxygen atoms in total. The Bertz CT molecular complexity index is 78.8. The molecule has 0 saturated carbocycles. The molecule has 62 valence electrons. The van der Waals surface area contributed by atoms with Crippen LogP contribution in [0.15, 0.2) is 0 Å². The van der Waals surface area contributed by atoms with Gasteiger partial charge in [0.1, 0.15) is 0 Å². The third-order valence-electron chi connectivity index (χ3n) is 2.12. The van der Waals surface area contributed by atoms with Gasteiger partial charge in [-0.1, -0.05) is 34.1 Å². The van der Waals surface area contributed by atoms with Crippen LogP contribution in [-0.4, -0.2) is 6.04 Å². The van der Waals surface area contributed by atoms with E-state index >= 15 is 0 Å². The minimum atomic E-state index is 0.407. The van der Waals surface area contributed by atoms with Gasteiger partial charge in [-0.25, -0.2) is 0 Å². The molecule has 0 radical (unpaired) electrons. The van der Waals surface area contributed by atoms with E-state index in [2.05, 4.69) is 27.7 Å². The summed E-state index contributed by atoms with van der Waals surface area (Å²) in [6.45, 7) is 8.88. The van der Waals surface area contributed by atoms with Crippen LogP contribution >= 0.6 is 0 Å². The molecule has 0 spiro atoms. The molecule has 0 aromatic carbocycles. The van der Waals surface area contributed by atoms with E-state index in [-0.39, 0.29) is 0 Å². The molecule has 0 aliphatic rings. The van der Waals surface area contributed by atoms with Crippen molar-refractivity contribution >= 4 is 0 Å². The fourth-order valence-corrected chi connectivity index (χ4v) is 1.08. The van der Waals surface area contributed by atoms with Gasteiger partial charge < -0.3 is 5.73 Å². The van der Waals surface area contributed by atoms with Crippen molar-refractivity contribution in [3.8, 4) is 0 Å². The maximum absolute atomic E-state index is 5.93. The molecular weight excluding hydrogens is 122 g/mol. The van der Waals surface area contributed by atoms with E-state index in [1.165, 1.54) is 6.42 Å². The molecule has 2 N–H and O–H groups in total. The quantitative estimate of drug-likeness (QED) is 0.642. The molecule has 10 heavy (non-hydrogen) atoms. The third kappa shape index (κ3) is 3.89. The summed E-state index contributed by atoms with van der Waals surface area (Å²) in [6.07, 6.45) is 2.36. The van der Waals surface area contributed by atoms with Gasteiger partial charge >= 0.3 is 0 Å². The lowest BCUT2D eigenvalue weighted by atomic mass is 9.92. The van der Waals surface area contributed by atoms with Crippen molar-refractivity contribution in [2.75, 3.05) is 0 Å². The molecule has 2 atom stereocenters. The van der Waals surface area contributed by atoms with E-state index in [0.29, 0.717) is 12.0 Å². The largest absolute Gasteiger partial charge is 0.327 e. The second-order valence-electron chi connectivity index (χ2n) is 3.68. The van der Waals surface area contributed by atoms with Crippen molar-refractivity contribution in [1.82, 2.24) is 0 Å².